The second kappa shape index (κ2) is 7.19. The number of aryl methyl sites for hydroxylation is 1. The lowest BCUT2D eigenvalue weighted by Gasteiger charge is -2.60. The zero-order valence-electron chi connectivity index (χ0n) is 19.9. The first-order valence-electron chi connectivity index (χ1n) is 12.4. The number of hydrogen-bond acceptors (Lipinski definition) is 9. The zero-order chi connectivity index (χ0) is 25.4. The molecule has 6 heterocycles. The molecule has 2 fully saturated rings. The van der Waals surface area contributed by atoms with Crippen molar-refractivity contribution in [2.75, 3.05) is 6.54 Å². The third kappa shape index (κ3) is 2.61. The van der Waals surface area contributed by atoms with Crippen LogP contribution in [-0.2, 0) is 29.5 Å². The maximum Gasteiger partial charge on any atom is 0.320 e. The number of allylic oxidation sites excluding steroid dienone is 2. The molecular formula is C25H24N6O4S2. The Bertz CT molecular complexity index is 1520. The molecule has 2 aliphatic carbocycles. The fraction of sp³-hybridized carbons (Fsp3) is 0.440. The van der Waals surface area contributed by atoms with Gasteiger partial charge in [0.25, 0.3) is 0 Å². The Morgan fingerprint density at radius 2 is 2.27 bits per heavy atom. The first kappa shape index (κ1) is 22.2. The molecule has 0 radical (unpaired) electrons. The number of H-pyrrole nitrogens is 1. The molecule has 2 aromatic rings. The van der Waals surface area contributed by atoms with E-state index in [2.05, 4.69) is 20.2 Å². The van der Waals surface area contributed by atoms with Crippen molar-refractivity contribution >= 4 is 41.1 Å². The number of thioether (sulfide) groups is 2. The van der Waals surface area contributed by atoms with Crippen molar-refractivity contribution in [3.8, 4) is 0 Å². The molecule has 6 unspecified atom stereocenters. The van der Waals surface area contributed by atoms with Gasteiger partial charge in [0.05, 0.1) is 40.9 Å². The molecule has 3 bridgehead atoms. The number of nitrogens with zero attached hydrogens (tertiary/aromatic N) is 3. The van der Waals surface area contributed by atoms with Gasteiger partial charge in [-0.1, -0.05) is 11.8 Å². The number of fused-ring (bicyclic) bond motifs is 3. The summed E-state index contributed by atoms with van der Waals surface area (Å²) in [5.41, 5.74) is 10.8. The van der Waals surface area contributed by atoms with Crippen LogP contribution in [0.15, 0.2) is 39.8 Å². The van der Waals surface area contributed by atoms with E-state index >= 15 is 0 Å². The molecule has 4 aliphatic heterocycles. The Kier molecular flexibility index (Phi) is 4.31. The Hall–Kier alpha value is -2.80. The first-order valence-corrected chi connectivity index (χ1v) is 14.1. The number of carboxylic acids is 1. The molecule has 0 amide bonds. The SMILES string of the molecule is Cn1cnc(SC2C3C(=O)C=C4SC5CC42C2=C(N5)C(=O)c4[nH]cc5c4C2N3CC5)c1CC(N)C(=O)O. The van der Waals surface area contributed by atoms with E-state index in [1.54, 1.807) is 29.9 Å². The quantitative estimate of drug-likeness (QED) is 0.438. The van der Waals surface area contributed by atoms with Crippen LogP contribution in [0.3, 0.4) is 0 Å². The maximum atomic E-state index is 13.8. The number of aliphatic carboxylic acids is 1. The van der Waals surface area contributed by atoms with Crippen molar-refractivity contribution in [2.24, 2.45) is 18.2 Å². The van der Waals surface area contributed by atoms with Crippen LogP contribution in [0.25, 0.3) is 0 Å². The number of ketones is 2. The van der Waals surface area contributed by atoms with Gasteiger partial charge in [-0.3, -0.25) is 19.3 Å². The summed E-state index contributed by atoms with van der Waals surface area (Å²) in [6.07, 6.45) is 7.18. The summed E-state index contributed by atoms with van der Waals surface area (Å²) in [5, 5.41) is 13.5. The van der Waals surface area contributed by atoms with Crippen molar-refractivity contribution in [2.45, 2.75) is 53.0 Å². The molecule has 0 saturated carbocycles. The molecule has 8 rings (SSSR count). The molecule has 0 aromatic carbocycles. The summed E-state index contributed by atoms with van der Waals surface area (Å²) in [7, 11) is 1.84. The van der Waals surface area contributed by atoms with Crippen LogP contribution in [-0.4, -0.2) is 71.3 Å². The van der Waals surface area contributed by atoms with Crippen molar-refractivity contribution in [1.29, 1.82) is 0 Å². The Morgan fingerprint density at radius 1 is 1.43 bits per heavy atom. The third-order valence-corrected chi connectivity index (χ3v) is 11.7. The van der Waals surface area contributed by atoms with Gasteiger partial charge in [-0.25, -0.2) is 4.98 Å². The predicted molar refractivity (Wildman–Crippen MR) is 136 cm³/mol. The highest BCUT2D eigenvalue weighted by Gasteiger charge is 2.69. The van der Waals surface area contributed by atoms with Gasteiger partial charge in [-0.15, -0.1) is 11.8 Å². The number of hydrogen-bond donors (Lipinski definition) is 4. The van der Waals surface area contributed by atoms with Gasteiger partial charge in [0.2, 0.25) is 5.78 Å². The second-order valence-electron chi connectivity index (χ2n) is 10.7. The minimum atomic E-state index is -1.06. The van der Waals surface area contributed by atoms with Crippen LogP contribution < -0.4 is 11.1 Å². The molecular weight excluding hydrogens is 512 g/mol. The van der Waals surface area contributed by atoms with E-state index in [9.17, 15) is 19.5 Å². The van der Waals surface area contributed by atoms with Crippen molar-refractivity contribution in [3.63, 3.8) is 0 Å². The van der Waals surface area contributed by atoms with Gasteiger partial charge in [0, 0.05) is 47.3 Å². The highest BCUT2D eigenvalue weighted by atomic mass is 32.2. The van der Waals surface area contributed by atoms with E-state index in [0.717, 1.165) is 46.7 Å². The van der Waals surface area contributed by atoms with Gasteiger partial charge in [0.1, 0.15) is 11.1 Å². The van der Waals surface area contributed by atoms with E-state index in [1.165, 1.54) is 0 Å². The van der Waals surface area contributed by atoms with E-state index < -0.39 is 17.4 Å². The number of carboxylic acid groups (broad SMARTS) is 1. The third-order valence-electron chi connectivity index (χ3n) is 8.93. The summed E-state index contributed by atoms with van der Waals surface area (Å²) in [6, 6.07) is -1.52. The predicted octanol–water partition coefficient (Wildman–Crippen LogP) is 1.11. The maximum absolute atomic E-state index is 13.8. The topological polar surface area (TPSA) is 146 Å². The Balaban J connectivity index is 1.32. The summed E-state index contributed by atoms with van der Waals surface area (Å²) in [4.78, 5) is 50.3. The zero-order valence-corrected chi connectivity index (χ0v) is 21.5. The number of imidazole rings is 1. The van der Waals surface area contributed by atoms with Gasteiger partial charge < -0.3 is 25.7 Å². The number of aromatic amines is 1. The van der Waals surface area contributed by atoms with Crippen molar-refractivity contribution in [1.82, 2.24) is 24.8 Å². The minimum absolute atomic E-state index is 0.00494. The van der Waals surface area contributed by atoms with E-state index in [0.29, 0.717) is 16.4 Å². The molecule has 190 valence electrons. The number of nitrogens with two attached hydrogens (primary N) is 1. The number of rotatable bonds is 5. The van der Waals surface area contributed by atoms with Crippen molar-refractivity contribution in [3.05, 3.63) is 57.3 Å². The molecule has 2 saturated heterocycles. The minimum Gasteiger partial charge on any atom is -0.480 e. The highest BCUT2D eigenvalue weighted by molar-refractivity contribution is 8.04. The van der Waals surface area contributed by atoms with E-state index in [-0.39, 0.29) is 40.7 Å². The van der Waals surface area contributed by atoms with Crippen LogP contribution in [0.2, 0.25) is 0 Å². The lowest BCUT2D eigenvalue weighted by molar-refractivity contribution is -0.138. The standard InChI is InChI=1S/C25H24N6O4S2/c1-30-8-28-23(11(30)4-10(26)24(34)35)37-22-19-12(32)5-13-25(22)6-14(36-13)29-18-16(25)20-15-9(2-3-31(19)20)7-27-17(15)21(18)33/h5,7-8,10,14,19-20,22,27,29H,2-4,6,26H2,1H3,(H,34,35). The lowest BCUT2D eigenvalue weighted by Crippen LogP contribution is -2.66. The monoisotopic (exact) mass is 536 g/mol. The van der Waals surface area contributed by atoms with Crippen LogP contribution in [0.1, 0.15) is 39.8 Å². The fourth-order valence-electron chi connectivity index (χ4n) is 7.40. The summed E-state index contributed by atoms with van der Waals surface area (Å²) in [5.74, 6) is -0.966. The largest absolute Gasteiger partial charge is 0.480 e. The average Bonchev–Trinajstić information content (AvgIpc) is 3.52. The fourth-order valence-corrected chi connectivity index (χ4v) is 10.7. The number of nitrogens with one attached hydrogen (secondary N) is 2. The van der Waals surface area contributed by atoms with E-state index in [4.69, 9.17) is 5.73 Å². The molecule has 1 spiro atoms. The molecule has 12 heteroatoms. The average molecular weight is 537 g/mol. The number of aromatic nitrogens is 3. The van der Waals surface area contributed by atoms with Crippen LogP contribution in [0, 0.1) is 5.41 Å². The Morgan fingerprint density at radius 3 is 3.08 bits per heavy atom. The normalized spacial score (nSPS) is 33.4. The smallest absolute Gasteiger partial charge is 0.320 e. The van der Waals surface area contributed by atoms with Gasteiger partial charge >= 0.3 is 5.97 Å². The first-order chi connectivity index (χ1) is 17.8. The molecule has 6 atom stereocenters. The van der Waals surface area contributed by atoms with E-state index in [1.807, 2.05) is 23.9 Å². The lowest BCUT2D eigenvalue weighted by atomic mass is 9.57. The molecule has 5 N–H and O–H groups in total. The molecule has 2 aromatic heterocycles. The highest BCUT2D eigenvalue weighted by Crippen LogP contribution is 2.71. The molecule has 10 nitrogen and oxygen atoms in total. The summed E-state index contributed by atoms with van der Waals surface area (Å²) >= 11 is 3.22. The second-order valence-corrected chi connectivity index (χ2v) is 13.1. The molecule has 6 aliphatic rings. The number of carbonyl (C=O) groups is 3. The van der Waals surface area contributed by atoms with Crippen molar-refractivity contribution < 1.29 is 19.5 Å². The number of Topliss-reactive ketones (excluding diaryl/α,β-unsaturated/α-hetero) is 1. The number of carbonyl (C=O) groups excluding carboxylic acids is 2. The van der Waals surface area contributed by atoms with Crippen LogP contribution in [0.5, 0.6) is 0 Å². The van der Waals surface area contributed by atoms with Crippen LogP contribution >= 0.6 is 23.5 Å². The van der Waals surface area contributed by atoms with Gasteiger partial charge in [-0.2, -0.15) is 0 Å². The number of piperidine rings is 1. The molecule has 37 heavy (non-hydrogen) atoms. The van der Waals surface area contributed by atoms with Crippen LogP contribution in [0.4, 0.5) is 0 Å². The Labute approximate surface area is 220 Å². The van der Waals surface area contributed by atoms with Gasteiger partial charge in [-0.05, 0) is 30.1 Å². The van der Waals surface area contributed by atoms with Gasteiger partial charge in [0.15, 0.2) is 5.78 Å². The summed E-state index contributed by atoms with van der Waals surface area (Å²) < 4.78 is 1.82. The summed E-state index contributed by atoms with van der Waals surface area (Å²) in [6.45, 7) is 0.724.